The first kappa shape index (κ1) is 30.5. The summed E-state index contributed by atoms with van der Waals surface area (Å²) >= 11 is 0. The Morgan fingerprint density at radius 1 is 1.62 bits per heavy atom. The number of carboxylic acids is 1. The second-order valence-electron chi connectivity index (χ2n) is 0.394. The summed E-state index contributed by atoms with van der Waals surface area (Å²) in [6.07, 6.45) is 0. The number of aliphatic carboxylic acids is 1. The van der Waals surface area contributed by atoms with Crippen LogP contribution in [0.2, 0.25) is 0 Å². The maximum atomic E-state index is 8.89. The Balaban J connectivity index is -0.00000000450. The van der Waals surface area contributed by atoms with Gasteiger partial charge in [0.05, 0.1) is 0 Å². The van der Waals surface area contributed by atoms with Crippen LogP contribution in [0.15, 0.2) is 0 Å². The number of hydrogen-bond acceptors (Lipinski definition) is 1. The van der Waals surface area contributed by atoms with Crippen LogP contribution < -0.4 is 51.4 Å². The fraction of sp³-hybridized carbons (Fsp3) is 0. The molecule has 0 bridgehead atoms. The van der Waals surface area contributed by atoms with Gasteiger partial charge < -0.3 is 6.53 Å². The molecule has 0 heterocycles. The zero-order chi connectivity index (χ0) is 3.58. The summed E-state index contributed by atoms with van der Waals surface area (Å²) in [5, 5.41) is 7.31. The van der Waals surface area contributed by atoms with Crippen molar-refractivity contribution < 1.29 is 126 Å². The minimum atomic E-state index is -1.08. The Bertz CT molecular complexity index is 47.5. The standard InChI is InChI=1S/C2H3O2.Au.K.Pd.Re.H/c1-2(3)4;;;;;/h1H2,(H,3,4);;;;;/q-1;;+1;;;-1. The first-order valence-electron chi connectivity index (χ1n) is 0.781. The quantitative estimate of drug-likeness (QED) is 0.242. The molecule has 0 aromatic carbocycles. The van der Waals surface area contributed by atoms with E-state index in [1.165, 1.54) is 0 Å². The van der Waals surface area contributed by atoms with E-state index in [-0.39, 0.29) is 116 Å². The summed E-state index contributed by atoms with van der Waals surface area (Å²) < 4.78 is 0. The number of rotatable bonds is 0. The molecule has 0 aromatic rings. The average Bonchev–Trinajstić information content (AvgIpc) is 0.811. The minimum Gasteiger partial charge on any atom is -1.00 e. The normalized spacial score (nSPS) is 3.00. The van der Waals surface area contributed by atoms with Crippen LogP contribution in [0.5, 0.6) is 0 Å². The van der Waals surface area contributed by atoms with Gasteiger partial charge in [0.1, 0.15) is 0 Å². The summed E-state index contributed by atoms with van der Waals surface area (Å²) in [6, 6.07) is 0. The van der Waals surface area contributed by atoms with E-state index in [4.69, 9.17) is 9.90 Å². The molecule has 6 heteroatoms. The molecule has 0 saturated carbocycles. The third kappa shape index (κ3) is 63.2. The summed E-state index contributed by atoms with van der Waals surface area (Å²) in [6.45, 7) is 2.56. The van der Waals surface area contributed by atoms with Gasteiger partial charge in [-0.25, -0.2) is 0 Å². The molecule has 0 saturated heterocycles. The number of hydrogen-bond donors (Lipinski definition) is 1. The fourth-order valence-corrected chi connectivity index (χ4v) is 0. The predicted octanol–water partition coefficient (Wildman–Crippen LogP) is -2.99. The van der Waals surface area contributed by atoms with Crippen molar-refractivity contribution in [3.8, 4) is 0 Å². The smallest absolute Gasteiger partial charge is 1.00 e. The van der Waals surface area contributed by atoms with Crippen LogP contribution in [0.25, 0.3) is 0 Å². The molecule has 0 aromatic heterocycles. The van der Waals surface area contributed by atoms with Gasteiger partial charge in [-0.1, -0.05) is 0 Å². The maximum absolute atomic E-state index is 8.89. The Morgan fingerprint density at radius 3 is 1.62 bits per heavy atom. The molecule has 2 radical (unpaired) electrons. The van der Waals surface area contributed by atoms with Crippen molar-refractivity contribution in [2.24, 2.45) is 0 Å². The average molecular weight is 589 g/mol. The van der Waals surface area contributed by atoms with E-state index in [0.717, 1.165) is 0 Å². The van der Waals surface area contributed by atoms with Crippen molar-refractivity contribution in [3.05, 3.63) is 6.92 Å². The predicted molar refractivity (Wildman–Crippen MR) is 14.1 cm³/mol. The molecule has 0 aliphatic rings. The van der Waals surface area contributed by atoms with Gasteiger partial charge >= 0.3 is 51.4 Å². The second-order valence-corrected chi connectivity index (χ2v) is 0.394. The van der Waals surface area contributed by atoms with Crippen LogP contribution in [0.1, 0.15) is 1.43 Å². The van der Waals surface area contributed by atoms with E-state index in [2.05, 4.69) is 6.92 Å². The van der Waals surface area contributed by atoms with Gasteiger partial charge in [0.2, 0.25) is 0 Å². The molecule has 0 aliphatic heterocycles. The Hall–Kier alpha value is 3.04. The Morgan fingerprint density at radius 2 is 1.62 bits per heavy atom. The van der Waals surface area contributed by atoms with Gasteiger partial charge in [-0.15, -0.1) is 0 Å². The molecule has 54 valence electrons. The molecule has 0 fully saturated rings. The van der Waals surface area contributed by atoms with E-state index in [1.54, 1.807) is 0 Å². The topological polar surface area (TPSA) is 37.3 Å². The van der Waals surface area contributed by atoms with Gasteiger partial charge in [0.15, 0.2) is 5.97 Å². The van der Waals surface area contributed by atoms with E-state index < -0.39 is 5.97 Å². The van der Waals surface area contributed by atoms with Crippen LogP contribution in [0, 0.1) is 6.92 Å². The van der Waals surface area contributed by atoms with Crippen LogP contribution in [0.4, 0.5) is 0 Å². The van der Waals surface area contributed by atoms with Crippen molar-refractivity contribution >= 4 is 5.97 Å². The first-order chi connectivity index (χ1) is 1.73. The monoisotopic (exact) mass is 589 g/mol. The maximum Gasteiger partial charge on any atom is 1.00 e. The van der Waals surface area contributed by atoms with Gasteiger partial charge in [0, 0.05) is 63.2 Å². The number of carbonyl (C=O) groups is 1. The van der Waals surface area contributed by atoms with Gasteiger partial charge in [-0.3, -0.25) is 11.7 Å². The summed E-state index contributed by atoms with van der Waals surface area (Å²) in [7, 11) is 0. The first-order valence-corrected chi connectivity index (χ1v) is 0.781. The van der Waals surface area contributed by atoms with Crippen LogP contribution in [0.3, 0.4) is 0 Å². The van der Waals surface area contributed by atoms with Crippen molar-refractivity contribution in [2.45, 2.75) is 0 Å². The van der Waals surface area contributed by atoms with E-state index >= 15 is 0 Å². The molecule has 0 amide bonds. The molecule has 1 N–H and O–H groups in total. The molecule has 0 aliphatic carbocycles. The Labute approximate surface area is 136 Å². The molecular weight excluding hydrogens is 585 g/mol. The summed E-state index contributed by atoms with van der Waals surface area (Å²) in [4.78, 5) is 8.89. The van der Waals surface area contributed by atoms with E-state index in [9.17, 15) is 0 Å². The van der Waals surface area contributed by atoms with Crippen molar-refractivity contribution in [3.63, 3.8) is 0 Å². The van der Waals surface area contributed by atoms with Crippen LogP contribution in [-0.4, -0.2) is 11.1 Å². The molecule has 2 nitrogen and oxygen atoms in total. The van der Waals surface area contributed by atoms with Crippen LogP contribution >= 0.6 is 0 Å². The fourth-order valence-electron chi connectivity index (χ4n) is 0. The number of carboxylic acid groups (broad SMARTS) is 1. The molecule has 0 unspecified atom stereocenters. The zero-order valence-corrected chi connectivity index (χ0v) is 13.6. The molecule has 8 heavy (non-hydrogen) atoms. The van der Waals surface area contributed by atoms with Gasteiger partial charge in [0.25, 0.3) is 0 Å². The second kappa shape index (κ2) is 22.5. The molecule has 0 rings (SSSR count). The molecular formula is C2H4AuKO2PdRe-. The SMILES string of the molecule is [Au].[CH2-]C(=O)O.[H-].[K+].[Pd].[Re]. The van der Waals surface area contributed by atoms with Crippen molar-refractivity contribution in [2.75, 3.05) is 0 Å². The largest absolute Gasteiger partial charge is 1.00 e. The third-order valence-corrected chi connectivity index (χ3v) is 0. The van der Waals surface area contributed by atoms with E-state index in [0.29, 0.717) is 0 Å². The molecule has 0 spiro atoms. The van der Waals surface area contributed by atoms with E-state index in [1.807, 2.05) is 0 Å². The minimum absolute atomic E-state index is 0. The zero-order valence-electron chi connectivity index (χ0n) is 5.06. The summed E-state index contributed by atoms with van der Waals surface area (Å²) in [5.41, 5.74) is 0. The summed E-state index contributed by atoms with van der Waals surface area (Å²) in [5.74, 6) is -1.08. The van der Waals surface area contributed by atoms with Crippen LogP contribution in [-0.2, 0) is 68.0 Å². The van der Waals surface area contributed by atoms with Crippen molar-refractivity contribution in [1.82, 2.24) is 0 Å². The van der Waals surface area contributed by atoms with Gasteiger partial charge in [-0.2, -0.15) is 0 Å². The molecule has 0 atom stereocenters. The third-order valence-electron chi connectivity index (χ3n) is 0. The van der Waals surface area contributed by atoms with Crippen molar-refractivity contribution in [1.29, 1.82) is 0 Å². The Kier molecular flexibility index (Phi) is 85.8. The van der Waals surface area contributed by atoms with Gasteiger partial charge in [-0.05, 0) is 0 Å².